The van der Waals surface area contributed by atoms with Gasteiger partial charge in [0.05, 0.1) is 4.90 Å². The Labute approximate surface area is 218 Å². The van der Waals surface area contributed by atoms with E-state index in [2.05, 4.69) is 61.6 Å². The summed E-state index contributed by atoms with van der Waals surface area (Å²) < 4.78 is 15.9. The molecule has 7 heteroatoms. The van der Waals surface area contributed by atoms with E-state index in [1.165, 1.54) is 5.56 Å². The summed E-state index contributed by atoms with van der Waals surface area (Å²) in [6.07, 6.45) is 0. The maximum Gasteiger partial charge on any atom is 0.128 e. The quantitative estimate of drug-likeness (QED) is 0.440. The fourth-order valence-corrected chi connectivity index (χ4v) is 5.66. The maximum atomic E-state index is 13.9. The standard InChI is InChI=1S/C29H39N5OS/c35-36(34(24-26-8-3-1-4-9-26)25-27-10-5-2-6-11-27)29-13-7-12-28(22-29)23-33-20-18-31-16-14-30-15-17-32-19-21-33/h1-13,22,30-32H,14-21,23-25H2. The highest BCUT2D eigenvalue weighted by molar-refractivity contribution is 7.82. The van der Waals surface area contributed by atoms with Gasteiger partial charge >= 0.3 is 0 Å². The molecule has 0 spiro atoms. The highest BCUT2D eigenvalue weighted by atomic mass is 32.2. The van der Waals surface area contributed by atoms with E-state index in [-0.39, 0.29) is 0 Å². The lowest BCUT2D eigenvalue weighted by Gasteiger charge is -2.25. The van der Waals surface area contributed by atoms with Crippen molar-refractivity contribution in [2.24, 2.45) is 0 Å². The molecule has 3 aromatic rings. The molecule has 3 aromatic carbocycles. The summed E-state index contributed by atoms with van der Waals surface area (Å²) in [5.74, 6) is 0. The van der Waals surface area contributed by atoms with Gasteiger partial charge in [0.15, 0.2) is 0 Å². The summed E-state index contributed by atoms with van der Waals surface area (Å²) in [6.45, 7) is 9.99. The Kier molecular flexibility index (Phi) is 11.1. The normalized spacial score (nSPS) is 17.2. The van der Waals surface area contributed by atoms with Crippen LogP contribution in [-0.2, 0) is 30.6 Å². The first-order valence-corrected chi connectivity index (χ1v) is 14.1. The third-order valence-electron chi connectivity index (χ3n) is 6.31. The van der Waals surface area contributed by atoms with Gasteiger partial charge in [-0.3, -0.25) is 4.90 Å². The summed E-state index contributed by atoms with van der Waals surface area (Å²) in [5.41, 5.74) is 3.52. The van der Waals surface area contributed by atoms with E-state index in [0.29, 0.717) is 13.1 Å². The highest BCUT2D eigenvalue weighted by Crippen LogP contribution is 2.19. The van der Waals surface area contributed by atoms with Crippen molar-refractivity contribution in [1.29, 1.82) is 0 Å². The van der Waals surface area contributed by atoms with Crippen LogP contribution in [-0.4, -0.2) is 65.8 Å². The van der Waals surface area contributed by atoms with Crippen LogP contribution >= 0.6 is 0 Å². The number of benzene rings is 3. The van der Waals surface area contributed by atoms with Crippen molar-refractivity contribution < 1.29 is 4.21 Å². The first-order chi connectivity index (χ1) is 17.8. The summed E-state index contributed by atoms with van der Waals surface area (Å²) in [7, 11) is -1.27. The van der Waals surface area contributed by atoms with E-state index in [0.717, 1.165) is 74.9 Å². The minimum Gasteiger partial charge on any atom is -0.314 e. The third-order valence-corrected chi connectivity index (χ3v) is 7.70. The molecule has 1 unspecified atom stereocenters. The molecular formula is C29H39N5OS. The van der Waals surface area contributed by atoms with Crippen molar-refractivity contribution in [3.8, 4) is 0 Å². The molecule has 1 aliphatic rings. The van der Waals surface area contributed by atoms with Crippen LogP contribution in [0.5, 0.6) is 0 Å². The average molecular weight is 506 g/mol. The molecule has 1 saturated heterocycles. The molecule has 4 rings (SSSR count). The van der Waals surface area contributed by atoms with Crippen molar-refractivity contribution in [3.63, 3.8) is 0 Å². The zero-order chi connectivity index (χ0) is 24.8. The summed E-state index contributed by atoms with van der Waals surface area (Å²) >= 11 is 0. The van der Waals surface area contributed by atoms with Gasteiger partial charge in [0, 0.05) is 72.0 Å². The molecule has 0 bridgehead atoms. The minimum absolute atomic E-state index is 0.630. The Bertz CT molecular complexity index is 996. The van der Waals surface area contributed by atoms with Gasteiger partial charge < -0.3 is 16.0 Å². The van der Waals surface area contributed by atoms with E-state index in [4.69, 9.17) is 0 Å². The SMILES string of the molecule is O=S(c1cccc(CN2CCNCCNCCNCC2)c1)N(Cc1ccccc1)Cc1ccccc1. The molecule has 1 atom stereocenters. The Balaban J connectivity index is 1.46. The lowest BCUT2D eigenvalue weighted by Crippen LogP contribution is -2.41. The Morgan fingerprint density at radius 1 is 0.639 bits per heavy atom. The molecule has 3 N–H and O–H groups in total. The van der Waals surface area contributed by atoms with Gasteiger partial charge in [-0.05, 0) is 28.8 Å². The Hall–Kier alpha value is -2.39. The molecule has 0 aliphatic carbocycles. The molecule has 6 nitrogen and oxygen atoms in total. The van der Waals surface area contributed by atoms with Crippen LogP contribution in [0.4, 0.5) is 0 Å². The predicted octanol–water partition coefficient (Wildman–Crippen LogP) is 3.00. The third kappa shape index (κ3) is 8.92. The summed E-state index contributed by atoms with van der Waals surface area (Å²) in [4.78, 5) is 3.33. The molecule has 1 fully saturated rings. The number of rotatable bonds is 8. The van der Waals surface area contributed by atoms with E-state index in [9.17, 15) is 4.21 Å². The van der Waals surface area contributed by atoms with Crippen LogP contribution in [0.2, 0.25) is 0 Å². The molecule has 0 aromatic heterocycles. The minimum atomic E-state index is -1.27. The smallest absolute Gasteiger partial charge is 0.128 e. The molecule has 36 heavy (non-hydrogen) atoms. The van der Waals surface area contributed by atoms with Gasteiger partial charge in [-0.2, -0.15) is 0 Å². The van der Waals surface area contributed by atoms with E-state index >= 15 is 0 Å². The molecule has 1 aliphatic heterocycles. The van der Waals surface area contributed by atoms with Gasteiger partial charge in [-0.15, -0.1) is 0 Å². The zero-order valence-electron chi connectivity index (χ0n) is 21.1. The topological polar surface area (TPSA) is 59.6 Å². The summed E-state index contributed by atoms with van der Waals surface area (Å²) in [5, 5.41) is 10.5. The zero-order valence-corrected chi connectivity index (χ0v) is 21.9. The van der Waals surface area contributed by atoms with Crippen LogP contribution in [0.1, 0.15) is 16.7 Å². The molecule has 0 radical (unpaired) electrons. The lowest BCUT2D eigenvalue weighted by molar-refractivity contribution is 0.263. The lowest BCUT2D eigenvalue weighted by atomic mass is 10.2. The predicted molar refractivity (Wildman–Crippen MR) is 149 cm³/mol. The number of nitrogens with one attached hydrogen (secondary N) is 3. The number of nitrogens with zero attached hydrogens (tertiary/aromatic N) is 2. The van der Waals surface area contributed by atoms with Gasteiger partial charge in [0.1, 0.15) is 11.0 Å². The van der Waals surface area contributed by atoms with Crippen LogP contribution in [0.15, 0.2) is 89.8 Å². The fourth-order valence-electron chi connectivity index (χ4n) is 4.38. The van der Waals surface area contributed by atoms with Crippen LogP contribution < -0.4 is 16.0 Å². The first kappa shape index (κ1) is 26.7. The molecule has 0 saturated carbocycles. The van der Waals surface area contributed by atoms with Gasteiger partial charge in [-0.1, -0.05) is 72.8 Å². The number of hydrogen-bond acceptors (Lipinski definition) is 5. The van der Waals surface area contributed by atoms with E-state index in [1.807, 2.05) is 48.5 Å². The van der Waals surface area contributed by atoms with Crippen LogP contribution in [0.3, 0.4) is 0 Å². The van der Waals surface area contributed by atoms with Crippen LogP contribution in [0.25, 0.3) is 0 Å². The van der Waals surface area contributed by atoms with Crippen molar-refractivity contribution in [2.45, 2.75) is 24.5 Å². The highest BCUT2D eigenvalue weighted by Gasteiger charge is 2.17. The van der Waals surface area contributed by atoms with E-state index < -0.39 is 11.0 Å². The average Bonchev–Trinajstić information content (AvgIpc) is 2.91. The van der Waals surface area contributed by atoms with Crippen molar-refractivity contribution in [2.75, 3.05) is 52.4 Å². The Morgan fingerprint density at radius 3 is 1.69 bits per heavy atom. The van der Waals surface area contributed by atoms with Gasteiger partial charge in [0.2, 0.25) is 0 Å². The molecule has 1 heterocycles. The molecular weight excluding hydrogens is 466 g/mol. The molecule has 0 amide bonds. The van der Waals surface area contributed by atoms with Crippen molar-refractivity contribution in [3.05, 3.63) is 102 Å². The van der Waals surface area contributed by atoms with Crippen molar-refractivity contribution >= 4 is 11.0 Å². The maximum absolute atomic E-state index is 13.9. The van der Waals surface area contributed by atoms with E-state index in [1.54, 1.807) is 0 Å². The summed E-state index contributed by atoms with van der Waals surface area (Å²) in [6, 6.07) is 28.9. The van der Waals surface area contributed by atoms with Gasteiger partial charge in [-0.25, -0.2) is 8.51 Å². The second-order valence-electron chi connectivity index (χ2n) is 9.19. The Morgan fingerprint density at radius 2 is 1.14 bits per heavy atom. The molecule has 192 valence electrons. The first-order valence-electron chi connectivity index (χ1n) is 13.0. The van der Waals surface area contributed by atoms with Crippen molar-refractivity contribution in [1.82, 2.24) is 25.2 Å². The second kappa shape index (κ2) is 15.0. The number of hydrogen-bond donors (Lipinski definition) is 3. The second-order valence-corrected chi connectivity index (χ2v) is 10.7. The fraction of sp³-hybridized carbons (Fsp3) is 0.379. The van der Waals surface area contributed by atoms with Crippen LogP contribution in [0, 0.1) is 0 Å². The largest absolute Gasteiger partial charge is 0.314 e. The monoisotopic (exact) mass is 505 g/mol. The van der Waals surface area contributed by atoms with Gasteiger partial charge in [0.25, 0.3) is 0 Å².